The number of hydrogen-bond acceptors (Lipinski definition) is 2. The summed E-state index contributed by atoms with van der Waals surface area (Å²) in [6.45, 7) is 13.9. The van der Waals surface area contributed by atoms with E-state index in [4.69, 9.17) is 8.85 Å². The first-order valence-corrected chi connectivity index (χ1v) is 15.5. The molecule has 142 valence electrons. The van der Waals surface area contributed by atoms with Crippen LogP contribution in [0.25, 0.3) is 0 Å². The molecule has 0 unspecified atom stereocenters. The summed E-state index contributed by atoms with van der Waals surface area (Å²) in [5.41, 5.74) is 2.89. The molecule has 0 spiro atoms. The highest BCUT2D eigenvalue weighted by Gasteiger charge is 2.47. The third kappa shape index (κ3) is 4.29. The van der Waals surface area contributed by atoms with Gasteiger partial charge >= 0.3 is 0 Å². The van der Waals surface area contributed by atoms with Crippen molar-refractivity contribution < 1.29 is 8.85 Å². The normalized spacial score (nSPS) is 19.6. The number of rotatable bonds is 10. The monoisotopic (exact) mass is 378 g/mol. The fraction of sp³-hybridized carbons (Fsp3) is 0.714. The van der Waals surface area contributed by atoms with Crippen LogP contribution in [0.4, 0.5) is 0 Å². The molecule has 0 radical (unpaired) electrons. The standard InChI is InChI=1S/C21H38O2Si2/c1-7-24(8-2,9-3)22-21(23-25(10-4,11-5)12-6)17-16-19-14-13-15-20(19)18-21/h13-14,16-17H,7-12,15,18H2,1-6H3. The van der Waals surface area contributed by atoms with Crippen molar-refractivity contribution in [3.8, 4) is 0 Å². The van der Waals surface area contributed by atoms with E-state index in [2.05, 4.69) is 65.8 Å². The summed E-state index contributed by atoms with van der Waals surface area (Å²) >= 11 is 0. The molecule has 2 aliphatic rings. The predicted octanol–water partition coefficient (Wildman–Crippen LogP) is 6.94. The first-order chi connectivity index (χ1) is 12.0. The van der Waals surface area contributed by atoms with Gasteiger partial charge in [0.1, 0.15) is 0 Å². The zero-order valence-electron chi connectivity index (χ0n) is 17.3. The van der Waals surface area contributed by atoms with Crippen LogP contribution in [-0.2, 0) is 8.85 Å². The van der Waals surface area contributed by atoms with Gasteiger partial charge in [0, 0.05) is 6.42 Å². The maximum absolute atomic E-state index is 7.09. The van der Waals surface area contributed by atoms with Gasteiger partial charge < -0.3 is 8.85 Å². The summed E-state index contributed by atoms with van der Waals surface area (Å²) in [5.74, 6) is -0.507. The van der Waals surface area contributed by atoms with Crippen LogP contribution in [0.5, 0.6) is 0 Å². The van der Waals surface area contributed by atoms with E-state index in [0.29, 0.717) is 0 Å². The Morgan fingerprint density at radius 3 is 1.72 bits per heavy atom. The Hall–Kier alpha value is -0.426. The maximum atomic E-state index is 7.09. The molecule has 0 aromatic rings. The van der Waals surface area contributed by atoms with Gasteiger partial charge in [0.15, 0.2) is 22.4 Å². The van der Waals surface area contributed by atoms with Gasteiger partial charge in [0.25, 0.3) is 0 Å². The van der Waals surface area contributed by atoms with Crippen molar-refractivity contribution in [1.29, 1.82) is 0 Å². The first kappa shape index (κ1) is 20.9. The Balaban J connectivity index is 2.37. The molecule has 0 N–H and O–H groups in total. The van der Waals surface area contributed by atoms with Crippen LogP contribution in [-0.4, -0.2) is 22.4 Å². The second-order valence-corrected chi connectivity index (χ2v) is 17.1. The molecule has 4 heteroatoms. The topological polar surface area (TPSA) is 18.5 Å². The van der Waals surface area contributed by atoms with E-state index in [9.17, 15) is 0 Å². The molecule has 2 rings (SSSR count). The second-order valence-electron chi connectivity index (χ2n) is 7.68. The van der Waals surface area contributed by atoms with Crippen molar-refractivity contribution in [1.82, 2.24) is 0 Å². The fourth-order valence-electron chi connectivity index (χ4n) is 4.31. The van der Waals surface area contributed by atoms with Gasteiger partial charge in [-0.1, -0.05) is 65.3 Å². The maximum Gasteiger partial charge on any atom is 0.196 e. The quantitative estimate of drug-likeness (QED) is 0.303. The van der Waals surface area contributed by atoms with E-state index < -0.39 is 22.4 Å². The van der Waals surface area contributed by atoms with Gasteiger partial charge in [-0.2, -0.15) is 0 Å². The lowest BCUT2D eigenvalue weighted by atomic mass is 9.95. The van der Waals surface area contributed by atoms with E-state index >= 15 is 0 Å². The third-order valence-corrected chi connectivity index (χ3v) is 16.0. The smallest absolute Gasteiger partial charge is 0.196 e. The average Bonchev–Trinajstić information content (AvgIpc) is 3.12. The summed E-state index contributed by atoms with van der Waals surface area (Å²) in [5, 5.41) is 0. The number of allylic oxidation sites excluding steroid dienone is 4. The van der Waals surface area contributed by atoms with Crippen molar-refractivity contribution in [3.05, 3.63) is 35.5 Å². The lowest BCUT2D eigenvalue weighted by molar-refractivity contribution is -0.0895. The van der Waals surface area contributed by atoms with Gasteiger partial charge in [-0.25, -0.2) is 0 Å². The van der Waals surface area contributed by atoms with E-state index in [1.807, 2.05) is 0 Å². The van der Waals surface area contributed by atoms with E-state index in [0.717, 1.165) is 12.8 Å². The van der Waals surface area contributed by atoms with Crippen LogP contribution in [0, 0.1) is 0 Å². The third-order valence-electron chi connectivity index (χ3n) is 6.69. The summed E-state index contributed by atoms with van der Waals surface area (Å²) in [6.07, 6.45) is 11.1. The minimum atomic E-state index is -1.76. The van der Waals surface area contributed by atoms with Gasteiger partial charge in [0.05, 0.1) is 0 Å². The first-order valence-electron chi connectivity index (χ1n) is 10.4. The fourth-order valence-corrected chi connectivity index (χ4v) is 10.1. The van der Waals surface area contributed by atoms with Crippen molar-refractivity contribution in [2.45, 2.75) is 96.4 Å². The molecule has 0 bridgehead atoms. The van der Waals surface area contributed by atoms with E-state index in [-0.39, 0.29) is 0 Å². The molecule has 25 heavy (non-hydrogen) atoms. The van der Waals surface area contributed by atoms with Gasteiger partial charge in [-0.05, 0) is 54.3 Å². The van der Waals surface area contributed by atoms with Crippen LogP contribution in [0.1, 0.15) is 54.4 Å². The van der Waals surface area contributed by atoms with Gasteiger partial charge in [0.2, 0.25) is 0 Å². The molecule has 2 aliphatic carbocycles. The van der Waals surface area contributed by atoms with E-state index in [1.165, 1.54) is 47.4 Å². The summed E-state index contributed by atoms with van der Waals surface area (Å²) in [4.78, 5) is 0. The Kier molecular flexibility index (Phi) is 7.11. The summed E-state index contributed by atoms with van der Waals surface area (Å²) < 4.78 is 14.2. The summed E-state index contributed by atoms with van der Waals surface area (Å²) in [6, 6.07) is 7.01. The molecular weight excluding hydrogens is 340 g/mol. The molecule has 0 atom stereocenters. The van der Waals surface area contributed by atoms with Crippen molar-refractivity contribution in [3.63, 3.8) is 0 Å². The molecule has 0 aromatic heterocycles. The largest absolute Gasteiger partial charge is 0.387 e. The SMILES string of the molecule is CC[Si](CC)(CC)OC1(O[Si](CC)(CC)CC)C=CC2=C(CC=C2)C1. The molecule has 0 aliphatic heterocycles. The Bertz CT molecular complexity index is 502. The van der Waals surface area contributed by atoms with Gasteiger partial charge in [-0.15, -0.1) is 0 Å². The minimum absolute atomic E-state index is 0.507. The lowest BCUT2D eigenvalue weighted by Crippen LogP contribution is -2.54. The molecule has 0 amide bonds. The molecule has 0 heterocycles. The second kappa shape index (κ2) is 8.51. The van der Waals surface area contributed by atoms with Crippen molar-refractivity contribution in [2.24, 2.45) is 0 Å². The van der Waals surface area contributed by atoms with Crippen LogP contribution < -0.4 is 0 Å². The zero-order valence-corrected chi connectivity index (χ0v) is 19.3. The molecule has 0 saturated carbocycles. The van der Waals surface area contributed by atoms with Crippen LogP contribution in [0.3, 0.4) is 0 Å². The highest BCUT2D eigenvalue weighted by molar-refractivity contribution is 6.74. The highest BCUT2D eigenvalue weighted by Crippen LogP contribution is 2.43. The Morgan fingerprint density at radius 1 is 0.800 bits per heavy atom. The summed E-state index contributed by atoms with van der Waals surface area (Å²) in [7, 11) is -3.51. The predicted molar refractivity (Wildman–Crippen MR) is 114 cm³/mol. The Morgan fingerprint density at radius 2 is 1.28 bits per heavy atom. The van der Waals surface area contributed by atoms with E-state index in [1.54, 1.807) is 0 Å². The molecule has 0 fully saturated rings. The van der Waals surface area contributed by atoms with Crippen LogP contribution >= 0.6 is 0 Å². The molecule has 0 aromatic carbocycles. The minimum Gasteiger partial charge on any atom is -0.387 e. The lowest BCUT2D eigenvalue weighted by Gasteiger charge is -2.47. The molecule has 0 saturated heterocycles. The highest BCUT2D eigenvalue weighted by atomic mass is 28.4. The Labute approximate surface area is 157 Å². The van der Waals surface area contributed by atoms with Crippen molar-refractivity contribution >= 4 is 16.6 Å². The average molecular weight is 379 g/mol. The van der Waals surface area contributed by atoms with Crippen molar-refractivity contribution in [2.75, 3.05) is 0 Å². The zero-order chi connectivity index (χ0) is 18.6. The van der Waals surface area contributed by atoms with Crippen LogP contribution in [0.2, 0.25) is 36.3 Å². The van der Waals surface area contributed by atoms with Crippen LogP contribution in [0.15, 0.2) is 35.5 Å². The molecule has 2 nitrogen and oxygen atoms in total. The number of hydrogen-bond donors (Lipinski definition) is 0. The van der Waals surface area contributed by atoms with Gasteiger partial charge in [-0.3, -0.25) is 0 Å². The molecular formula is C21H38O2Si2.